The molecule has 0 fully saturated rings. The average Bonchev–Trinajstić information content (AvgIpc) is 2.64. The van der Waals surface area contributed by atoms with Crippen LogP contribution in [0, 0.1) is 3.57 Å². The van der Waals surface area contributed by atoms with E-state index >= 15 is 0 Å². The van der Waals surface area contributed by atoms with E-state index < -0.39 is 0 Å². The number of halogens is 1. The second kappa shape index (κ2) is 4.52. The second-order valence-electron chi connectivity index (χ2n) is 3.10. The minimum atomic E-state index is -0.285. The predicted octanol–water partition coefficient (Wildman–Crippen LogP) is 1.97. The third-order valence-corrected chi connectivity index (χ3v) is 2.74. The molecule has 2 aromatic rings. The highest BCUT2D eigenvalue weighted by atomic mass is 127. The van der Waals surface area contributed by atoms with Crippen LogP contribution in [0.25, 0.3) is 0 Å². The van der Waals surface area contributed by atoms with Gasteiger partial charge in [0.25, 0.3) is 5.91 Å². The van der Waals surface area contributed by atoms with E-state index in [1.165, 1.54) is 12.1 Å². The summed E-state index contributed by atoms with van der Waals surface area (Å²) in [6.07, 6.45) is 1.57. The summed E-state index contributed by atoms with van der Waals surface area (Å²) in [5.41, 5.74) is 0.944. The van der Waals surface area contributed by atoms with E-state index in [9.17, 15) is 9.90 Å². The SMILES string of the molecule is O=C(Nc1cccc(O)c1)c1[nH]ncc1I. The quantitative estimate of drug-likeness (QED) is 0.737. The number of rotatable bonds is 2. The van der Waals surface area contributed by atoms with Crippen molar-refractivity contribution in [2.75, 3.05) is 5.32 Å². The number of H-pyrrole nitrogens is 1. The summed E-state index contributed by atoms with van der Waals surface area (Å²) in [6, 6.07) is 6.36. The normalized spacial score (nSPS) is 10.1. The lowest BCUT2D eigenvalue weighted by Crippen LogP contribution is -2.13. The number of amides is 1. The van der Waals surface area contributed by atoms with E-state index in [-0.39, 0.29) is 11.7 Å². The standard InChI is InChI=1S/C10H8IN3O2/c11-8-5-12-14-9(8)10(16)13-6-2-1-3-7(15)4-6/h1-5,15H,(H,12,14)(H,13,16). The highest BCUT2D eigenvalue weighted by molar-refractivity contribution is 14.1. The Kier molecular flexibility index (Phi) is 3.09. The summed E-state index contributed by atoms with van der Waals surface area (Å²) in [6.45, 7) is 0. The maximum atomic E-state index is 11.7. The van der Waals surface area contributed by atoms with Crippen molar-refractivity contribution < 1.29 is 9.90 Å². The lowest BCUT2D eigenvalue weighted by Gasteiger charge is -2.03. The van der Waals surface area contributed by atoms with Gasteiger partial charge in [0.2, 0.25) is 0 Å². The second-order valence-corrected chi connectivity index (χ2v) is 4.26. The van der Waals surface area contributed by atoms with Gasteiger partial charge in [0.05, 0.1) is 9.77 Å². The van der Waals surface area contributed by atoms with Crippen LogP contribution in [0.15, 0.2) is 30.5 Å². The van der Waals surface area contributed by atoms with Crippen LogP contribution in [0.5, 0.6) is 5.75 Å². The molecule has 0 unspecified atom stereocenters. The molecule has 0 aliphatic carbocycles. The van der Waals surface area contributed by atoms with E-state index in [2.05, 4.69) is 15.5 Å². The molecule has 1 aromatic heterocycles. The maximum Gasteiger partial charge on any atom is 0.274 e. The number of nitrogens with zero attached hydrogens (tertiary/aromatic N) is 1. The fourth-order valence-electron chi connectivity index (χ4n) is 1.21. The molecule has 16 heavy (non-hydrogen) atoms. The molecule has 2 rings (SSSR count). The van der Waals surface area contributed by atoms with Gasteiger partial charge in [0, 0.05) is 11.8 Å². The number of nitrogens with one attached hydrogen (secondary N) is 2. The Morgan fingerprint density at radius 2 is 2.31 bits per heavy atom. The van der Waals surface area contributed by atoms with Gasteiger partial charge in [-0.3, -0.25) is 9.89 Å². The van der Waals surface area contributed by atoms with Crippen LogP contribution in [0.2, 0.25) is 0 Å². The Morgan fingerprint density at radius 3 is 2.94 bits per heavy atom. The first-order valence-electron chi connectivity index (χ1n) is 4.46. The predicted molar refractivity (Wildman–Crippen MR) is 67.4 cm³/mol. The fraction of sp³-hybridized carbons (Fsp3) is 0. The molecule has 0 saturated carbocycles. The molecule has 0 radical (unpaired) electrons. The van der Waals surface area contributed by atoms with E-state index in [1.807, 2.05) is 22.6 Å². The van der Waals surface area contributed by atoms with E-state index in [1.54, 1.807) is 18.3 Å². The summed E-state index contributed by atoms with van der Waals surface area (Å²) in [5, 5.41) is 18.3. The lowest BCUT2D eigenvalue weighted by molar-refractivity contribution is 0.102. The molecule has 3 N–H and O–H groups in total. The topological polar surface area (TPSA) is 78.0 Å². The Balaban J connectivity index is 2.17. The highest BCUT2D eigenvalue weighted by Gasteiger charge is 2.11. The van der Waals surface area contributed by atoms with E-state index in [0.29, 0.717) is 11.4 Å². The van der Waals surface area contributed by atoms with Crippen LogP contribution in [-0.2, 0) is 0 Å². The van der Waals surface area contributed by atoms with Crippen LogP contribution in [0.1, 0.15) is 10.5 Å². The number of carbonyl (C=O) groups is 1. The van der Waals surface area contributed by atoms with Crippen molar-refractivity contribution in [3.8, 4) is 5.75 Å². The molecular weight excluding hydrogens is 321 g/mol. The lowest BCUT2D eigenvalue weighted by atomic mass is 10.3. The van der Waals surface area contributed by atoms with Crippen molar-refractivity contribution in [2.24, 2.45) is 0 Å². The van der Waals surface area contributed by atoms with Gasteiger partial charge in [-0.15, -0.1) is 0 Å². The van der Waals surface area contributed by atoms with Gasteiger partial charge in [0.1, 0.15) is 11.4 Å². The molecule has 0 spiro atoms. The van der Waals surface area contributed by atoms with Crippen LogP contribution in [0.4, 0.5) is 5.69 Å². The first kappa shape index (κ1) is 10.9. The van der Waals surface area contributed by atoms with Crippen LogP contribution < -0.4 is 5.32 Å². The van der Waals surface area contributed by atoms with Crippen molar-refractivity contribution in [3.05, 3.63) is 39.7 Å². The maximum absolute atomic E-state index is 11.7. The molecule has 1 amide bonds. The van der Waals surface area contributed by atoms with Crippen molar-refractivity contribution in [3.63, 3.8) is 0 Å². The minimum absolute atomic E-state index is 0.108. The number of aromatic hydroxyl groups is 1. The van der Waals surface area contributed by atoms with Gasteiger partial charge < -0.3 is 10.4 Å². The molecule has 1 heterocycles. The first-order chi connectivity index (χ1) is 7.66. The zero-order chi connectivity index (χ0) is 11.5. The number of anilines is 1. The summed E-state index contributed by atoms with van der Waals surface area (Å²) in [7, 11) is 0. The highest BCUT2D eigenvalue weighted by Crippen LogP contribution is 2.17. The smallest absolute Gasteiger partial charge is 0.274 e. The Morgan fingerprint density at radius 1 is 1.50 bits per heavy atom. The molecular formula is C10H8IN3O2. The minimum Gasteiger partial charge on any atom is -0.508 e. The summed E-state index contributed by atoms with van der Waals surface area (Å²) >= 11 is 2.02. The van der Waals surface area contributed by atoms with Crippen LogP contribution in [0.3, 0.4) is 0 Å². The van der Waals surface area contributed by atoms with Crippen LogP contribution in [-0.4, -0.2) is 21.2 Å². The monoisotopic (exact) mass is 329 g/mol. The number of aromatic amines is 1. The van der Waals surface area contributed by atoms with E-state index in [4.69, 9.17) is 0 Å². The molecule has 5 nitrogen and oxygen atoms in total. The third kappa shape index (κ3) is 2.32. The number of carbonyl (C=O) groups excluding carboxylic acids is 1. The molecule has 0 saturated heterocycles. The molecule has 82 valence electrons. The molecule has 6 heteroatoms. The Hall–Kier alpha value is -1.57. The van der Waals surface area contributed by atoms with Crippen molar-refractivity contribution >= 4 is 34.2 Å². The van der Waals surface area contributed by atoms with Gasteiger partial charge in [-0.05, 0) is 34.7 Å². The molecule has 0 bridgehead atoms. The third-order valence-electron chi connectivity index (χ3n) is 1.92. The number of phenolic OH excluding ortho intramolecular Hbond substituents is 1. The summed E-state index contributed by atoms with van der Waals surface area (Å²) in [5.74, 6) is -0.176. The van der Waals surface area contributed by atoms with Gasteiger partial charge in [-0.2, -0.15) is 5.10 Å². The van der Waals surface area contributed by atoms with Crippen molar-refractivity contribution in [2.45, 2.75) is 0 Å². The number of aromatic nitrogens is 2. The molecule has 0 aliphatic rings. The molecule has 0 atom stereocenters. The van der Waals surface area contributed by atoms with Gasteiger partial charge in [0.15, 0.2) is 0 Å². The van der Waals surface area contributed by atoms with Gasteiger partial charge >= 0.3 is 0 Å². The van der Waals surface area contributed by atoms with E-state index in [0.717, 1.165) is 3.57 Å². The average molecular weight is 329 g/mol. The van der Waals surface area contributed by atoms with Gasteiger partial charge in [-0.1, -0.05) is 6.07 Å². The van der Waals surface area contributed by atoms with Crippen molar-refractivity contribution in [1.29, 1.82) is 0 Å². The first-order valence-corrected chi connectivity index (χ1v) is 5.54. The number of benzene rings is 1. The van der Waals surface area contributed by atoms with Crippen LogP contribution >= 0.6 is 22.6 Å². The van der Waals surface area contributed by atoms with Gasteiger partial charge in [-0.25, -0.2) is 0 Å². The number of hydrogen-bond acceptors (Lipinski definition) is 3. The molecule has 1 aromatic carbocycles. The largest absolute Gasteiger partial charge is 0.508 e. The Bertz CT molecular complexity index is 524. The fourth-order valence-corrected chi connectivity index (χ4v) is 1.71. The van der Waals surface area contributed by atoms with Crippen molar-refractivity contribution in [1.82, 2.24) is 10.2 Å². The zero-order valence-electron chi connectivity index (χ0n) is 8.07. The summed E-state index contributed by atoms with van der Waals surface area (Å²) < 4.78 is 0.746. The number of hydrogen-bond donors (Lipinski definition) is 3. The Labute approximate surface area is 105 Å². The zero-order valence-corrected chi connectivity index (χ0v) is 10.2. The summed E-state index contributed by atoms with van der Waals surface area (Å²) in [4.78, 5) is 11.7. The number of phenols is 1. The molecule has 0 aliphatic heterocycles.